The van der Waals surface area contributed by atoms with E-state index in [0.717, 1.165) is 16.9 Å². The summed E-state index contributed by atoms with van der Waals surface area (Å²) in [5.41, 5.74) is 2.78. The minimum Gasteiger partial charge on any atom is -0.381 e. The summed E-state index contributed by atoms with van der Waals surface area (Å²) in [7, 11) is 3.95. The standard InChI is InChI=1S/C15H16ClN3O2/c1-18(2)13-5-3-4-12(9-13)17-10-11-6-7-14(16)15(8-11)19(20)21/h3-9,17H,10H2,1-2H3. The fourth-order valence-corrected chi connectivity index (χ4v) is 2.09. The Morgan fingerprint density at radius 3 is 2.67 bits per heavy atom. The molecule has 110 valence electrons. The van der Waals surface area contributed by atoms with E-state index in [4.69, 9.17) is 11.6 Å². The second kappa shape index (κ2) is 6.45. The smallest absolute Gasteiger partial charge is 0.288 e. The SMILES string of the molecule is CN(C)c1cccc(NCc2ccc(Cl)c([N+](=O)[O-])c2)c1. The van der Waals surface area contributed by atoms with Gasteiger partial charge in [-0.1, -0.05) is 23.7 Å². The molecule has 1 N–H and O–H groups in total. The van der Waals surface area contributed by atoms with Crippen LogP contribution in [-0.4, -0.2) is 19.0 Å². The highest BCUT2D eigenvalue weighted by molar-refractivity contribution is 6.32. The Morgan fingerprint density at radius 2 is 2.00 bits per heavy atom. The summed E-state index contributed by atoms with van der Waals surface area (Å²) in [4.78, 5) is 12.4. The summed E-state index contributed by atoms with van der Waals surface area (Å²) < 4.78 is 0. The van der Waals surface area contributed by atoms with Gasteiger partial charge >= 0.3 is 0 Å². The van der Waals surface area contributed by atoms with Gasteiger partial charge < -0.3 is 10.2 Å². The molecule has 2 rings (SSSR count). The van der Waals surface area contributed by atoms with Crippen molar-refractivity contribution in [2.24, 2.45) is 0 Å². The maximum Gasteiger partial charge on any atom is 0.288 e. The van der Waals surface area contributed by atoms with Crippen molar-refractivity contribution < 1.29 is 4.92 Å². The van der Waals surface area contributed by atoms with Crippen LogP contribution in [0.5, 0.6) is 0 Å². The van der Waals surface area contributed by atoms with E-state index in [2.05, 4.69) is 5.32 Å². The molecule has 0 fully saturated rings. The van der Waals surface area contributed by atoms with E-state index < -0.39 is 4.92 Å². The van der Waals surface area contributed by atoms with Gasteiger partial charge in [-0.15, -0.1) is 0 Å². The Hall–Kier alpha value is -2.27. The summed E-state index contributed by atoms with van der Waals surface area (Å²) in [5, 5.41) is 14.3. The number of hydrogen-bond acceptors (Lipinski definition) is 4. The van der Waals surface area contributed by atoms with Crippen molar-refractivity contribution in [3.05, 3.63) is 63.2 Å². The largest absolute Gasteiger partial charge is 0.381 e. The molecule has 2 aromatic carbocycles. The average Bonchev–Trinajstić information content (AvgIpc) is 2.46. The number of anilines is 2. The van der Waals surface area contributed by atoms with E-state index in [9.17, 15) is 10.1 Å². The van der Waals surface area contributed by atoms with Crippen molar-refractivity contribution in [1.29, 1.82) is 0 Å². The first-order valence-electron chi connectivity index (χ1n) is 6.41. The van der Waals surface area contributed by atoms with Crippen LogP contribution in [0.2, 0.25) is 5.02 Å². The Labute approximate surface area is 128 Å². The van der Waals surface area contributed by atoms with Crippen molar-refractivity contribution in [3.8, 4) is 0 Å². The van der Waals surface area contributed by atoms with Crippen LogP contribution in [0.25, 0.3) is 0 Å². The van der Waals surface area contributed by atoms with Gasteiger partial charge in [0.05, 0.1) is 4.92 Å². The van der Waals surface area contributed by atoms with Crippen LogP contribution < -0.4 is 10.2 Å². The molecule has 0 unspecified atom stereocenters. The lowest BCUT2D eigenvalue weighted by Crippen LogP contribution is -2.09. The molecular weight excluding hydrogens is 290 g/mol. The topological polar surface area (TPSA) is 58.4 Å². The quantitative estimate of drug-likeness (QED) is 0.672. The van der Waals surface area contributed by atoms with Crippen molar-refractivity contribution in [2.75, 3.05) is 24.3 Å². The van der Waals surface area contributed by atoms with Gasteiger partial charge in [0.25, 0.3) is 5.69 Å². The second-order valence-electron chi connectivity index (χ2n) is 4.84. The summed E-state index contributed by atoms with van der Waals surface area (Å²) in [6.45, 7) is 0.495. The van der Waals surface area contributed by atoms with Gasteiger partial charge in [-0.05, 0) is 29.8 Å². The van der Waals surface area contributed by atoms with E-state index >= 15 is 0 Å². The van der Waals surface area contributed by atoms with E-state index in [1.165, 1.54) is 6.07 Å². The van der Waals surface area contributed by atoms with Crippen LogP contribution in [-0.2, 0) is 6.54 Å². The van der Waals surface area contributed by atoms with Crippen LogP contribution in [0.15, 0.2) is 42.5 Å². The lowest BCUT2D eigenvalue weighted by atomic mass is 10.2. The fraction of sp³-hybridized carbons (Fsp3) is 0.200. The molecule has 0 saturated carbocycles. The number of rotatable bonds is 5. The second-order valence-corrected chi connectivity index (χ2v) is 5.25. The number of nitrogens with zero attached hydrogens (tertiary/aromatic N) is 2. The zero-order valence-corrected chi connectivity index (χ0v) is 12.6. The highest BCUT2D eigenvalue weighted by Crippen LogP contribution is 2.25. The van der Waals surface area contributed by atoms with Crippen LogP contribution in [0.3, 0.4) is 0 Å². The van der Waals surface area contributed by atoms with Crippen molar-refractivity contribution in [2.45, 2.75) is 6.54 Å². The third-order valence-corrected chi connectivity index (χ3v) is 3.39. The molecule has 0 aromatic heterocycles. The molecule has 0 saturated heterocycles. The van der Waals surface area contributed by atoms with Gasteiger partial charge in [0, 0.05) is 38.1 Å². The Balaban J connectivity index is 2.11. The third kappa shape index (κ3) is 3.86. The average molecular weight is 306 g/mol. The third-order valence-electron chi connectivity index (χ3n) is 3.07. The minimum absolute atomic E-state index is 0.0713. The van der Waals surface area contributed by atoms with Crippen molar-refractivity contribution in [1.82, 2.24) is 0 Å². The van der Waals surface area contributed by atoms with Crippen LogP contribution in [0.1, 0.15) is 5.56 Å². The van der Waals surface area contributed by atoms with Crippen LogP contribution in [0, 0.1) is 10.1 Å². The molecule has 2 aromatic rings. The Morgan fingerprint density at radius 1 is 1.24 bits per heavy atom. The fourth-order valence-electron chi connectivity index (χ4n) is 1.91. The summed E-state index contributed by atoms with van der Waals surface area (Å²) in [5.74, 6) is 0. The lowest BCUT2D eigenvalue weighted by Gasteiger charge is -2.14. The monoisotopic (exact) mass is 305 g/mol. The zero-order valence-electron chi connectivity index (χ0n) is 11.8. The number of nitrogens with one attached hydrogen (secondary N) is 1. The van der Waals surface area contributed by atoms with Gasteiger partial charge in [-0.2, -0.15) is 0 Å². The number of benzene rings is 2. The van der Waals surface area contributed by atoms with Crippen LogP contribution in [0.4, 0.5) is 17.1 Å². The number of nitro groups is 1. The summed E-state index contributed by atoms with van der Waals surface area (Å²) in [6, 6.07) is 12.8. The first-order chi connectivity index (χ1) is 9.97. The molecule has 0 aliphatic rings. The highest BCUT2D eigenvalue weighted by Gasteiger charge is 2.12. The highest BCUT2D eigenvalue weighted by atomic mass is 35.5. The van der Waals surface area contributed by atoms with Gasteiger partial charge in [0.15, 0.2) is 0 Å². The van der Waals surface area contributed by atoms with Crippen LogP contribution >= 0.6 is 11.6 Å². The van der Waals surface area contributed by atoms with E-state index in [0.29, 0.717) is 6.54 Å². The normalized spacial score (nSPS) is 10.2. The zero-order chi connectivity index (χ0) is 15.4. The lowest BCUT2D eigenvalue weighted by molar-refractivity contribution is -0.384. The molecule has 0 aliphatic heterocycles. The Bertz CT molecular complexity index is 659. The molecule has 0 amide bonds. The molecule has 0 radical (unpaired) electrons. The van der Waals surface area contributed by atoms with Gasteiger partial charge in [0.2, 0.25) is 0 Å². The predicted octanol–water partition coefficient (Wildman–Crippen LogP) is 3.93. The maximum atomic E-state index is 10.9. The van der Waals surface area contributed by atoms with E-state index in [-0.39, 0.29) is 10.7 Å². The number of hydrogen-bond donors (Lipinski definition) is 1. The van der Waals surface area contributed by atoms with Gasteiger partial charge in [-0.3, -0.25) is 10.1 Å². The van der Waals surface area contributed by atoms with E-state index in [1.807, 2.05) is 43.3 Å². The predicted molar refractivity (Wildman–Crippen MR) is 86.2 cm³/mol. The molecular formula is C15H16ClN3O2. The molecule has 5 nitrogen and oxygen atoms in total. The molecule has 0 atom stereocenters. The Kier molecular flexibility index (Phi) is 4.65. The summed E-state index contributed by atoms with van der Waals surface area (Å²) >= 11 is 5.80. The first-order valence-corrected chi connectivity index (χ1v) is 6.79. The van der Waals surface area contributed by atoms with Gasteiger partial charge in [0.1, 0.15) is 5.02 Å². The van der Waals surface area contributed by atoms with Gasteiger partial charge in [-0.25, -0.2) is 0 Å². The molecule has 0 bridgehead atoms. The van der Waals surface area contributed by atoms with E-state index in [1.54, 1.807) is 12.1 Å². The minimum atomic E-state index is -0.474. The van der Waals surface area contributed by atoms with Crippen molar-refractivity contribution in [3.63, 3.8) is 0 Å². The number of nitro benzene ring substituents is 1. The molecule has 0 spiro atoms. The summed E-state index contributed by atoms with van der Waals surface area (Å²) in [6.07, 6.45) is 0. The number of halogens is 1. The first kappa shape index (κ1) is 15.1. The molecule has 0 heterocycles. The van der Waals surface area contributed by atoms with Crippen molar-refractivity contribution >= 4 is 28.7 Å². The molecule has 0 aliphatic carbocycles. The molecule has 6 heteroatoms. The molecule has 21 heavy (non-hydrogen) atoms. The maximum absolute atomic E-state index is 10.9.